The summed E-state index contributed by atoms with van der Waals surface area (Å²) in [6.45, 7) is -0.0623. The SMILES string of the molecule is COc1cccc(NC(=O)CN2C=NS(=O)(=O)c3ccccc32)c1. The number of methoxy groups -OCH3 is 1. The van der Waals surface area contributed by atoms with Gasteiger partial charge >= 0.3 is 0 Å². The molecule has 1 amide bonds. The van der Waals surface area contributed by atoms with Gasteiger partial charge < -0.3 is 15.0 Å². The van der Waals surface area contributed by atoms with E-state index < -0.39 is 10.0 Å². The number of rotatable bonds is 4. The van der Waals surface area contributed by atoms with Crippen LogP contribution in [0, 0.1) is 0 Å². The molecule has 2 aromatic rings. The van der Waals surface area contributed by atoms with E-state index >= 15 is 0 Å². The second kappa shape index (κ2) is 6.32. The van der Waals surface area contributed by atoms with E-state index in [1.54, 1.807) is 49.6 Å². The van der Waals surface area contributed by atoms with Crippen molar-refractivity contribution in [3.63, 3.8) is 0 Å². The number of ether oxygens (including phenoxy) is 1. The van der Waals surface area contributed by atoms with Crippen LogP contribution in [0.1, 0.15) is 0 Å². The molecule has 0 saturated heterocycles. The molecule has 24 heavy (non-hydrogen) atoms. The number of nitrogens with zero attached hydrogens (tertiary/aromatic N) is 2. The number of para-hydroxylation sites is 1. The summed E-state index contributed by atoms with van der Waals surface area (Å²) in [4.78, 5) is 13.8. The van der Waals surface area contributed by atoms with Crippen LogP contribution in [-0.4, -0.2) is 34.3 Å². The Balaban J connectivity index is 1.78. The fraction of sp³-hybridized carbons (Fsp3) is 0.125. The summed E-state index contributed by atoms with van der Waals surface area (Å²) >= 11 is 0. The lowest BCUT2D eigenvalue weighted by atomic mass is 10.2. The third-order valence-electron chi connectivity index (χ3n) is 3.45. The van der Waals surface area contributed by atoms with Crippen molar-refractivity contribution in [1.82, 2.24) is 0 Å². The highest BCUT2D eigenvalue weighted by molar-refractivity contribution is 7.90. The molecule has 7 nitrogen and oxygen atoms in total. The van der Waals surface area contributed by atoms with Gasteiger partial charge in [0.1, 0.15) is 23.5 Å². The average molecular weight is 345 g/mol. The topological polar surface area (TPSA) is 88.1 Å². The Kier molecular flexibility index (Phi) is 4.22. The molecular weight excluding hydrogens is 330 g/mol. The van der Waals surface area contributed by atoms with E-state index in [4.69, 9.17) is 4.74 Å². The predicted octanol–water partition coefficient (Wildman–Crippen LogP) is 1.87. The zero-order chi connectivity index (χ0) is 17.2. The molecule has 0 unspecified atom stereocenters. The molecule has 124 valence electrons. The first-order valence-corrected chi connectivity index (χ1v) is 8.54. The van der Waals surface area contributed by atoms with Crippen LogP contribution in [0.25, 0.3) is 0 Å². The van der Waals surface area contributed by atoms with E-state index in [9.17, 15) is 13.2 Å². The van der Waals surface area contributed by atoms with Crippen LogP contribution in [-0.2, 0) is 14.8 Å². The minimum absolute atomic E-state index is 0.0623. The molecule has 8 heteroatoms. The van der Waals surface area contributed by atoms with Crippen LogP contribution in [0.4, 0.5) is 11.4 Å². The number of hydrogen-bond donors (Lipinski definition) is 1. The Labute approximate surface area is 139 Å². The molecule has 0 saturated carbocycles. The number of benzene rings is 2. The van der Waals surface area contributed by atoms with Gasteiger partial charge in [-0.2, -0.15) is 8.42 Å². The fourth-order valence-electron chi connectivity index (χ4n) is 2.33. The van der Waals surface area contributed by atoms with Crippen molar-refractivity contribution in [2.24, 2.45) is 4.40 Å². The van der Waals surface area contributed by atoms with Gasteiger partial charge in [-0.25, -0.2) is 0 Å². The number of amides is 1. The molecule has 1 aliphatic rings. The molecule has 0 aromatic heterocycles. The zero-order valence-corrected chi connectivity index (χ0v) is 13.7. The van der Waals surface area contributed by atoms with E-state index in [-0.39, 0.29) is 17.3 Å². The normalized spacial score (nSPS) is 14.8. The molecule has 0 aliphatic carbocycles. The smallest absolute Gasteiger partial charge is 0.285 e. The molecule has 0 spiro atoms. The quantitative estimate of drug-likeness (QED) is 0.914. The van der Waals surface area contributed by atoms with E-state index in [2.05, 4.69) is 9.71 Å². The number of nitrogens with one attached hydrogen (secondary N) is 1. The van der Waals surface area contributed by atoms with E-state index in [0.717, 1.165) is 6.34 Å². The summed E-state index contributed by atoms with van der Waals surface area (Å²) in [6.07, 6.45) is 1.16. The molecule has 1 aliphatic heterocycles. The summed E-state index contributed by atoms with van der Waals surface area (Å²) in [5.41, 5.74) is 1.02. The molecule has 0 bridgehead atoms. The van der Waals surface area contributed by atoms with Gasteiger partial charge in [-0.05, 0) is 24.3 Å². The lowest BCUT2D eigenvalue weighted by molar-refractivity contribution is -0.114. The van der Waals surface area contributed by atoms with Gasteiger partial charge in [0, 0.05) is 11.8 Å². The van der Waals surface area contributed by atoms with Crippen molar-refractivity contribution in [2.45, 2.75) is 4.90 Å². The number of carbonyl (C=O) groups is 1. The standard InChI is InChI=1S/C16H15N3O4S/c1-23-13-6-4-5-12(9-13)18-16(20)10-19-11-17-24(21,22)15-8-3-2-7-14(15)19/h2-9,11H,10H2,1H3,(H,18,20). The molecular formula is C16H15N3O4S. The van der Waals surface area contributed by atoms with Crippen LogP contribution in [0.3, 0.4) is 0 Å². The number of anilines is 2. The fourth-order valence-corrected chi connectivity index (χ4v) is 3.38. The second-order valence-corrected chi connectivity index (χ2v) is 6.67. The molecule has 0 atom stereocenters. The molecule has 1 N–H and O–H groups in total. The highest BCUT2D eigenvalue weighted by atomic mass is 32.2. The first-order valence-electron chi connectivity index (χ1n) is 7.10. The van der Waals surface area contributed by atoms with Crippen molar-refractivity contribution in [1.29, 1.82) is 0 Å². The highest BCUT2D eigenvalue weighted by Gasteiger charge is 2.25. The monoisotopic (exact) mass is 345 g/mol. The number of fused-ring (bicyclic) bond motifs is 1. The second-order valence-electron chi connectivity index (χ2n) is 5.07. The average Bonchev–Trinajstić information content (AvgIpc) is 2.58. The third-order valence-corrected chi connectivity index (χ3v) is 4.72. The van der Waals surface area contributed by atoms with Crippen LogP contribution in [0.2, 0.25) is 0 Å². The van der Waals surface area contributed by atoms with Gasteiger partial charge in [-0.1, -0.05) is 18.2 Å². The lowest BCUT2D eigenvalue weighted by Gasteiger charge is -2.24. The maximum absolute atomic E-state index is 12.2. The Morgan fingerprint density at radius 3 is 2.79 bits per heavy atom. The summed E-state index contributed by atoms with van der Waals surface area (Å²) in [5, 5.41) is 2.74. The first-order chi connectivity index (χ1) is 11.5. The maximum Gasteiger partial charge on any atom is 0.285 e. The number of hydrogen-bond acceptors (Lipinski definition) is 5. The summed E-state index contributed by atoms with van der Waals surface area (Å²) in [5.74, 6) is 0.326. The molecule has 1 heterocycles. The Hall–Kier alpha value is -2.87. The van der Waals surface area contributed by atoms with Gasteiger partial charge in [-0.15, -0.1) is 4.40 Å². The minimum Gasteiger partial charge on any atom is -0.497 e. The van der Waals surface area contributed by atoms with E-state index in [0.29, 0.717) is 17.1 Å². The van der Waals surface area contributed by atoms with Crippen molar-refractivity contribution in [3.8, 4) is 5.75 Å². The Bertz CT molecular complexity index is 909. The van der Waals surface area contributed by atoms with Crippen molar-refractivity contribution in [2.75, 3.05) is 23.9 Å². The van der Waals surface area contributed by atoms with Crippen molar-refractivity contribution < 1.29 is 17.9 Å². The van der Waals surface area contributed by atoms with Crippen molar-refractivity contribution in [3.05, 3.63) is 48.5 Å². The largest absolute Gasteiger partial charge is 0.497 e. The summed E-state index contributed by atoms with van der Waals surface area (Å²) < 4.78 is 32.5. The van der Waals surface area contributed by atoms with Crippen LogP contribution in [0.15, 0.2) is 57.8 Å². The van der Waals surface area contributed by atoms with E-state index in [1.165, 1.54) is 11.0 Å². The van der Waals surface area contributed by atoms with E-state index in [1.807, 2.05) is 0 Å². The molecule has 3 rings (SSSR count). The van der Waals surface area contributed by atoms with Crippen LogP contribution >= 0.6 is 0 Å². The van der Waals surface area contributed by atoms with Crippen LogP contribution in [0.5, 0.6) is 5.75 Å². The lowest BCUT2D eigenvalue weighted by Crippen LogP contribution is -2.35. The third kappa shape index (κ3) is 3.23. The summed E-state index contributed by atoms with van der Waals surface area (Å²) in [6, 6.07) is 13.4. The predicted molar refractivity (Wildman–Crippen MR) is 91.1 cm³/mol. The number of carbonyl (C=O) groups excluding carboxylic acids is 1. The maximum atomic E-state index is 12.2. The molecule has 0 radical (unpaired) electrons. The minimum atomic E-state index is -3.70. The Morgan fingerprint density at radius 2 is 2.00 bits per heavy atom. The van der Waals surface area contributed by atoms with Crippen LogP contribution < -0.4 is 15.0 Å². The van der Waals surface area contributed by atoms with Gasteiger partial charge in [-0.3, -0.25) is 4.79 Å². The highest BCUT2D eigenvalue weighted by Crippen LogP contribution is 2.29. The van der Waals surface area contributed by atoms with Gasteiger partial charge in [0.25, 0.3) is 10.0 Å². The first kappa shape index (κ1) is 16.0. The summed E-state index contributed by atoms with van der Waals surface area (Å²) in [7, 11) is -2.15. The van der Waals surface area contributed by atoms with Gasteiger partial charge in [0.05, 0.1) is 12.8 Å². The molecule has 0 fully saturated rings. The van der Waals surface area contributed by atoms with Gasteiger partial charge in [0.15, 0.2) is 0 Å². The molecule has 2 aromatic carbocycles. The van der Waals surface area contributed by atoms with Gasteiger partial charge in [0.2, 0.25) is 5.91 Å². The number of sulfonamides is 1. The van der Waals surface area contributed by atoms with Crippen molar-refractivity contribution >= 4 is 33.6 Å². The Morgan fingerprint density at radius 1 is 1.21 bits per heavy atom. The zero-order valence-electron chi connectivity index (χ0n) is 12.8.